The Bertz CT molecular complexity index is 1710. The molecular weight excluding hydrogens is 1020 g/mol. The Hall–Kier alpha value is -3.60. The van der Waals surface area contributed by atoms with Gasteiger partial charge in [0.15, 0.2) is 6.10 Å². The summed E-state index contributed by atoms with van der Waals surface area (Å²) < 4.78 is 39.6. The Labute approximate surface area is 489 Å². The van der Waals surface area contributed by atoms with E-state index in [1.165, 1.54) is 122 Å². The third-order valence-corrected chi connectivity index (χ3v) is 14.4. The molecule has 0 bridgehead atoms. The molecule has 0 aliphatic heterocycles. The molecule has 11 nitrogen and oxygen atoms in total. The van der Waals surface area contributed by atoms with Gasteiger partial charge in [-0.05, 0) is 116 Å². The summed E-state index contributed by atoms with van der Waals surface area (Å²) in [5.74, 6) is -1.53. The van der Waals surface area contributed by atoms with Crippen LogP contribution in [0, 0.1) is 0 Å². The molecule has 0 heterocycles. The van der Waals surface area contributed by atoms with Crippen molar-refractivity contribution in [2.75, 3.05) is 26.4 Å². The van der Waals surface area contributed by atoms with E-state index >= 15 is 0 Å². The van der Waals surface area contributed by atoms with Crippen LogP contribution in [0.4, 0.5) is 0 Å². The van der Waals surface area contributed by atoms with Crippen LogP contribution in [-0.4, -0.2) is 66.5 Å². The third kappa shape index (κ3) is 59.0. The zero-order chi connectivity index (χ0) is 58.3. The fourth-order valence-electron chi connectivity index (χ4n) is 8.59. The summed E-state index contributed by atoms with van der Waals surface area (Å²) in [5.41, 5.74) is 0. The molecule has 0 radical (unpaired) electrons. The topological polar surface area (TPSA) is 155 Å². The van der Waals surface area contributed by atoms with Gasteiger partial charge in [-0.3, -0.25) is 23.4 Å². The number of hydrogen-bond acceptors (Lipinski definition) is 10. The van der Waals surface area contributed by atoms with Gasteiger partial charge in [0.25, 0.3) is 0 Å². The lowest BCUT2D eigenvalue weighted by Crippen LogP contribution is -2.30. The number of allylic oxidation sites excluding steroid dienone is 16. The van der Waals surface area contributed by atoms with Crippen LogP contribution in [-0.2, 0) is 42.2 Å². The van der Waals surface area contributed by atoms with Gasteiger partial charge in [-0.25, -0.2) is 4.57 Å². The van der Waals surface area contributed by atoms with Crippen LogP contribution in [0.1, 0.15) is 278 Å². The van der Waals surface area contributed by atoms with Crippen molar-refractivity contribution in [3.8, 4) is 0 Å². The highest BCUT2D eigenvalue weighted by Gasteiger charge is 2.28. The Kier molecular flexibility index (Phi) is 58.7. The molecule has 0 saturated carbocycles. The smallest absolute Gasteiger partial charge is 0.462 e. The second kappa shape index (κ2) is 61.5. The maximum absolute atomic E-state index is 13.0. The van der Waals surface area contributed by atoms with Crippen LogP contribution in [0.2, 0.25) is 0 Å². The summed E-state index contributed by atoms with van der Waals surface area (Å²) in [5, 5.41) is 9.84. The molecule has 0 saturated heterocycles. The quantitative estimate of drug-likeness (QED) is 0.0197. The van der Waals surface area contributed by atoms with Crippen LogP contribution in [0.5, 0.6) is 0 Å². The molecular formula is C68H117O11P. The summed E-state index contributed by atoms with van der Waals surface area (Å²) in [6.45, 7) is 4.46. The number of unbranched alkanes of at least 4 members (excludes halogenated alkanes) is 26. The third-order valence-electron chi connectivity index (χ3n) is 13.5. The molecule has 0 rings (SSSR count). The first kappa shape index (κ1) is 76.4. The van der Waals surface area contributed by atoms with E-state index in [-0.39, 0.29) is 25.9 Å². The minimum atomic E-state index is -4.78. The Morgan fingerprint density at radius 3 is 1.09 bits per heavy atom. The van der Waals surface area contributed by atoms with E-state index in [0.717, 1.165) is 89.9 Å². The fourth-order valence-corrected chi connectivity index (χ4v) is 9.38. The molecule has 80 heavy (non-hydrogen) atoms. The average Bonchev–Trinajstić information content (AvgIpc) is 3.45. The van der Waals surface area contributed by atoms with Crippen molar-refractivity contribution in [2.24, 2.45) is 0 Å². The Morgan fingerprint density at radius 2 is 0.662 bits per heavy atom. The lowest BCUT2D eigenvalue weighted by molar-refractivity contribution is -0.161. The lowest BCUT2D eigenvalue weighted by Gasteiger charge is -2.21. The minimum absolute atomic E-state index is 0.0952. The number of carbonyl (C=O) groups excluding carboxylic acids is 3. The van der Waals surface area contributed by atoms with Gasteiger partial charge in [-0.1, -0.05) is 240 Å². The first-order chi connectivity index (χ1) is 39.2. The maximum Gasteiger partial charge on any atom is 0.472 e. The molecule has 2 N–H and O–H groups in total. The van der Waals surface area contributed by atoms with E-state index in [1.807, 2.05) is 12.2 Å². The summed E-state index contributed by atoms with van der Waals surface area (Å²) in [6, 6.07) is 0. The molecule has 0 fully saturated rings. The number of aliphatic hydroxyl groups is 1. The SMILES string of the molecule is CC/C=C\C/C=C\C/C=C\C/C=C\C/C=C\CCCC(=O)OC(CO)COP(=O)(O)OCC(COC(=O)CCCCCCCCC/C=C\C/C=C\CCCCC)OC(=O)CCCCCCCCCCC/C=C\CCCCCCCC. The van der Waals surface area contributed by atoms with E-state index in [2.05, 4.69) is 106 Å². The zero-order valence-electron chi connectivity index (χ0n) is 51.0. The van der Waals surface area contributed by atoms with Crippen LogP contribution < -0.4 is 0 Å². The molecule has 0 spiro atoms. The summed E-state index contributed by atoms with van der Waals surface area (Å²) in [6.07, 6.45) is 73.6. The number of carbonyl (C=O) groups is 3. The van der Waals surface area contributed by atoms with Gasteiger partial charge in [0, 0.05) is 19.3 Å². The molecule has 0 aliphatic rings. The second-order valence-electron chi connectivity index (χ2n) is 21.2. The predicted octanol–water partition coefficient (Wildman–Crippen LogP) is 19.6. The van der Waals surface area contributed by atoms with Gasteiger partial charge in [0.2, 0.25) is 0 Å². The number of rotatable bonds is 59. The minimum Gasteiger partial charge on any atom is -0.462 e. The average molecular weight is 1140 g/mol. The van der Waals surface area contributed by atoms with E-state index in [0.29, 0.717) is 25.7 Å². The van der Waals surface area contributed by atoms with Crippen molar-refractivity contribution in [1.29, 1.82) is 0 Å². The highest BCUT2D eigenvalue weighted by molar-refractivity contribution is 7.47. The second-order valence-corrected chi connectivity index (χ2v) is 22.6. The number of esters is 3. The first-order valence-electron chi connectivity index (χ1n) is 32.1. The summed E-state index contributed by atoms with van der Waals surface area (Å²) >= 11 is 0. The van der Waals surface area contributed by atoms with Crippen LogP contribution in [0.3, 0.4) is 0 Å². The van der Waals surface area contributed by atoms with Crippen LogP contribution >= 0.6 is 7.82 Å². The molecule has 0 aromatic heterocycles. The zero-order valence-corrected chi connectivity index (χ0v) is 51.9. The van der Waals surface area contributed by atoms with E-state index in [4.69, 9.17) is 23.3 Å². The normalized spacial score (nSPS) is 13.9. The van der Waals surface area contributed by atoms with E-state index < -0.39 is 57.8 Å². The molecule has 3 unspecified atom stereocenters. The van der Waals surface area contributed by atoms with Crippen molar-refractivity contribution >= 4 is 25.7 Å². The monoisotopic (exact) mass is 1140 g/mol. The Morgan fingerprint density at radius 1 is 0.362 bits per heavy atom. The summed E-state index contributed by atoms with van der Waals surface area (Å²) in [7, 11) is -4.78. The summed E-state index contributed by atoms with van der Waals surface area (Å²) in [4.78, 5) is 48.7. The molecule has 460 valence electrons. The fraction of sp³-hybridized carbons (Fsp3) is 0.721. The number of aliphatic hydroxyl groups excluding tert-OH is 1. The molecule has 0 aromatic carbocycles. The van der Waals surface area contributed by atoms with Gasteiger partial charge in [0.1, 0.15) is 12.7 Å². The van der Waals surface area contributed by atoms with Crippen LogP contribution in [0.25, 0.3) is 0 Å². The van der Waals surface area contributed by atoms with Crippen molar-refractivity contribution in [3.05, 3.63) is 97.2 Å². The number of phosphoric ester groups is 1. The maximum atomic E-state index is 13.0. The van der Waals surface area contributed by atoms with Gasteiger partial charge in [0.05, 0.1) is 19.8 Å². The standard InChI is InChI=1S/C68H117O11P/c1-4-7-10-13-16-19-22-25-28-31-32-35-38-41-44-47-50-53-56-59-68(72)79-65(61-75-66(70)57-54-51-48-45-42-39-36-33-29-26-23-20-17-14-11-8-5-2)63-77-80(73,74)76-62-64(60-69)78-67(71)58-55-52-49-46-43-40-37-34-30-27-24-21-18-15-12-9-6-3/h9,12,17-18,20-21,25-30,37,40,46,49,64-65,69H,4-8,10-11,13-16,19,22-24,31-36,38-39,41-45,47-48,50-63H2,1-3H3,(H,73,74)/b12-9-,20-17-,21-18-,28-25-,29-26-,30-27-,40-37-,49-46-. The number of hydrogen-bond donors (Lipinski definition) is 2. The van der Waals surface area contributed by atoms with E-state index in [9.17, 15) is 28.9 Å². The number of ether oxygens (including phenoxy) is 3. The van der Waals surface area contributed by atoms with Crippen LogP contribution in [0.15, 0.2) is 97.2 Å². The Balaban J connectivity index is 4.77. The van der Waals surface area contributed by atoms with Crippen molar-refractivity contribution in [1.82, 2.24) is 0 Å². The van der Waals surface area contributed by atoms with E-state index in [1.54, 1.807) is 0 Å². The van der Waals surface area contributed by atoms with Gasteiger partial charge in [-0.2, -0.15) is 0 Å². The van der Waals surface area contributed by atoms with Gasteiger partial charge < -0.3 is 24.2 Å². The largest absolute Gasteiger partial charge is 0.472 e. The van der Waals surface area contributed by atoms with Gasteiger partial charge in [-0.15, -0.1) is 0 Å². The van der Waals surface area contributed by atoms with Gasteiger partial charge >= 0.3 is 25.7 Å². The predicted molar refractivity (Wildman–Crippen MR) is 334 cm³/mol. The molecule has 3 atom stereocenters. The molecule has 0 amide bonds. The lowest BCUT2D eigenvalue weighted by atomic mass is 10.1. The molecule has 0 aliphatic carbocycles. The van der Waals surface area contributed by atoms with Crippen molar-refractivity contribution in [2.45, 2.75) is 290 Å². The molecule has 12 heteroatoms. The highest BCUT2D eigenvalue weighted by atomic mass is 31.2. The van der Waals surface area contributed by atoms with Crippen molar-refractivity contribution in [3.63, 3.8) is 0 Å². The van der Waals surface area contributed by atoms with Crippen molar-refractivity contribution < 1.29 is 52.2 Å². The molecule has 0 aromatic rings. The highest BCUT2D eigenvalue weighted by Crippen LogP contribution is 2.43. The first-order valence-corrected chi connectivity index (χ1v) is 33.6. The number of phosphoric acid groups is 1.